The van der Waals surface area contributed by atoms with Gasteiger partial charge >= 0.3 is 5.97 Å². The molecule has 1 fully saturated rings. The van der Waals surface area contributed by atoms with Crippen molar-refractivity contribution in [3.05, 3.63) is 35.6 Å². The van der Waals surface area contributed by atoms with Crippen molar-refractivity contribution in [3.63, 3.8) is 0 Å². The minimum absolute atomic E-state index is 0.00806. The first-order valence-corrected chi connectivity index (χ1v) is 7.33. The molecule has 0 aromatic heterocycles. The lowest BCUT2D eigenvalue weighted by Crippen LogP contribution is -2.36. The zero-order valence-corrected chi connectivity index (χ0v) is 11.9. The zero-order chi connectivity index (χ0) is 14.4. The number of esters is 1. The zero-order valence-electron chi connectivity index (χ0n) is 11.9. The van der Waals surface area contributed by atoms with Crippen LogP contribution in [-0.2, 0) is 16.1 Å². The molecule has 0 amide bonds. The molecule has 0 aliphatic heterocycles. The quantitative estimate of drug-likeness (QED) is 0.842. The van der Waals surface area contributed by atoms with Crippen LogP contribution in [0.1, 0.15) is 38.2 Å². The summed E-state index contributed by atoms with van der Waals surface area (Å²) in [6.45, 7) is 2.91. The van der Waals surface area contributed by atoms with E-state index in [4.69, 9.17) is 4.74 Å². The van der Waals surface area contributed by atoms with Gasteiger partial charge in [0.2, 0.25) is 0 Å². The molecule has 0 heterocycles. The molecule has 110 valence electrons. The lowest BCUT2D eigenvalue weighted by atomic mass is 9.85. The summed E-state index contributed by atoms with van der Waals surface area (Å²) in [6, 6.07) is 6.91. The Morgan fingerprint density at radius 2 is 2.30 bits per heavy atom. The summed E-state index contributed by atoms with van der Waals surface area (Å²) < 4.78 is 18.2. The number of carbonyl (C=O) groups is 1. The highest BCUT2D eigenvalue weighted by atomic mass is 19.1. The number of carbonyl (C=O) groups excluding carboxylic acids is 1. The van der Waals surface area contributed by atoms with Gasteiger partial charge in [0.15, 0.2) is 0 Å². The van der Waals surface area contributed by atoms with Crippen molar-refractivity contribution in [1.29, 1.82) is 0 Å². The number of benzene rings is 1. The van der Waals surface area contributed by atoms with E-state index in [1.54, 1.807) is 12.1 Å². The standard InChI is InChI=1S/C16H22FNO2/c1-2-20-16(19)13-6-4-8-15(10-13)18-11-12-5-3-7-14(17)9-12/h3,5,7,9,13,15,18H,2,4,6,8,10-11H2,1H3. The number of halogens is 1. The van der Waals surface area contributed by atoms with E-state index in [0.717, 1.165) is 31.2 Å². The SMILES string of the molecule is CCOC(=O)C1CCCC(NCc2cccc(F)c2)C1. The summed E-state index contributed by atoms with van der Waals surface area (Å²) in [6.07, 6.45) is 3.82. The van der Waals surface area contributed by atoms with Gasteiger partial charge in [0, 0.05) is 12.6 Å². The summed E-state index contributed by atoms with van der Waals surface area (Å²) in [7, 11) is 0. The van der Waals surface area contributed by atoms with Crippen molar-refractivity contribution < 1.29 is 13.9 Å². The molecule has 1 saturated carbocycles. The maximum absolute atomic E-state index is 13.1. The predicted molar refractivity (Wildman–Crippen MR) is 75.6 cm³/mol. The van der Waals surface area contributed by atoms with E-state index < -0.39 is 0 Å². The Kier molecular flexibility index (Phi) is 5.53. The van der Waals surface area contributed by atoms with Crippen LogP contribution in [0.5, 0.6) is 0 Å². The Morgan fingerprint density at radius 3 is 3.05 bits per heavy atom. The molecule has 2 unspecified atom stereocenters. The smallest absolute Gasteiger partial charge is 0.308 e. The van der Waals surface area contributed by atoms with Gasteiger partial charge < -0.3 is 10.1 Å². The molecule has 1 aliphatic carbocycles. The fourth-order valence-corrected chi connectivity index (χ4v) is 2.76. The molecular weight excluding hydrogens is 257 g/mol. The van der Waals surface area contributed by atoms with Gasteiger partial charge in [-0.1, -0.05) is 18.6 Å². The van der Waals surface area contributed by atoms with E-state index >= 15 is 0 Å². The van der Waals surface area contributed by atoms with Crippen LogP contribution >= 0.6 is 0 Å². The van der Waals surface area contributed by atoms with Crippen molar-refractivity contribution in [2.75, 3.05) is 6.61 Å². The maximum atomic E-state index is 13.1. The van der Waals surface area contributed by atoms with Crippen LogP contribution in [0.3, 0.4) is 0 Å². The van der Waals surface area contributed by atoms with Crippen molar-refractivity contribution >= 4 is 5.97 Å². The van der Waals surface area contributed by atoms with Crippen LogP contribution in [0.2, 0.25) is 0 Å². The molecule has 0 spiro atoms. The minimum Gasteiger partial charge on any atom is -0.466 e. The normalized spacial score (nSPS) is 22.5. The molecule has 2 rings (SSSR count). The average molecular weight is 279 g/mol. The Balaban J connectivity index is 1.82. The molecule has 1 aliphatic rings. The molecule has 3 nitrogen and oxygen atoms in total. The molecule has 1 N–H and O–H groups in total. The number of ether oxygens (including phenoxy) is 1. The van der Waals surface area contributed by atoms with Gasteiger partial charge in [0.1, 0.15) is 5.82 Å². The summed E-state index contributed by atoms with van der Waals surface area (Å²) in [5, 5.41) is 3.42. The van der Waals surface area contributed by atoms with E-state index in [0.29, 0.717) is 19.2 Å². The molecule has 0 radical (unpaired) electrons. The molecule has 0 saturated heterocycles. The highest BCUT2D eigenvalue weighted by Crippen LogP contribution is 2.25. The van der Waals surface area contributed by atoms with Crippen LogP contribution in [0.4, 0.5) is 4.39 Å². The van der Waals surface area contributed by atoms with Gasteiger partial charge in [-0.05, 0) is 43.9 Å². The minimum atomic E-state index is -0.211. The van der Waals surface area contributed by atoms with Crippen LogP contribution < -0.4 is 5.32 Å². The maximum Gasteiger partial charge on any atom is 0.308 e. The first kappa shape index (κ1) is 15.0. The molecule has 20 heavy (non-hydrogen) atoms. The summed E-state index contributed by atoms with van der Waals surface area (Å²) >= 11 is 0. The number of hydrogen-bond acceptors (Lipinski definition) is 3. The Labute approximate surface area is 119 Å². The third kappa shape index (κ3) is 4.30. The van der Waals surface area contributed by atoms with E-state index in [1.807, 2.05) is 13.0 Å². The van der Waals surface area contributed by atoms with Gasteiger partial charge in [-0.15, -0.1) is 0 Å². The second-order valence-electron chi connectivity index (χ2n) is 5.32. The second kappa shape index (κ2) is 7.39. The first-order valence-electron chi connectivity index (χ1n) is 7.33. The van der Waals surface area contributed by atoms with E-state index in [-0.39, 0.29) is 17.7 Å². The number of rotatable bonds is 5. The monoisotopic (exact) mass is 279 g/mol. The fourth-order valence-electron chi connectivity index (χ4n) is 2.76. The summed E-state index contributed by atoms with van der Waals surface area (Å²) in [5.41, 5.74) is 0.934. The number of hydrogen-bond donors (Lipinski definition) is 1. The van der Waals surface area contributed by atoms with Crippen LogP contribution in [-0.4, -0.2) is 18.6 Å². The third-order valence-corrected chi connectivity index (χ3v) is 3.78. The largest absolute Gasteiger partial charge is 0.466 e. The first-order chi connectivity index (χ1) is 9.69. The van der Waals surface area contributed by atoms with E-state index in [2.05, 4.69) is 5.32 Å². The van der Waals surface area contributed by atoms with Crippen molar-refractivity contribution in [2.45, 2.75) is 45.2 Å². The second-order valence-corrected chi connectivity index (χ2v) is 5.32. The topological polar surface area (TPSA) is 38.3 Å². The average Bonchev–Trinajstić information content (AvgIpc) is 2.46. The van der Waals surface area contributed by atoms with E-state index in [9.17, 15) is 9.18 Å². The van der Waals surface area contributed by atoms with Gasteiger partial charge in [-0.25, -0.2) is 4.39 Å². The molecule has 1 aromatic carbocycles. The predicted octanol–water partition coefficient (Wildman–Crippen LogP) is 3.04. The Bertz CT molecular complexity index is 450. The summed E-state index contributed by atoms with van der Waals surface area (Å²) in [5.74, 6) is -0.282. The van der Waals surface area contributed by atoms with Gasteiger partial charge in [-0.2, -0.15) is 0 Å². The van der Waals surface area contributed by atoms with Crippen molar-refractivity contribution in [3.8, 4) is 0 Å². The highest BCUT2D eigenvalue weighted by molar-refractivity contribution is 5.72. The fraction of sp³-hybridized carbons (Fsp3) is 0.562. The Hall–Kier alpha value is -1.42. The summed E-state index contributed by atoms with van der Waals surface area (Å²) in [4.78, 5) is 11.8. The van der Waals surface area contributed by atoms with Crippen LogP contribution in [0, 0.1) is 11.7 Å². The molecule has 4 heteroatoms. The van der Waals surface area contributed by atoms with Crippen LogP contribution in [0.25, 0.3) is 0 Å². The third-order valence-electron chi connectivity index (χ3n) is 3.78. The number of nitrogens with one attached hydrogen (secondary N) is 1. The van der Waals surface area contributed by atoms with Crippen molar-refractivity contribution in [1.82, 2.24) is 5.32 Å². The molecular formula is C16H22FNO2. The van der Waals surface area contributed by atoms with Gasteiger partial charge in [0.25, 0.3) is 0 Å². The van der Waals surface area contributed by atoms with Crippen LogP contribution in [0.15, 0.2) is 24.3 Å². The lowest BCUT2D eigenvalue weighted by Gasteiger charge is -2.28. The molecule has 1 aromatic rings. The highest BCUT2D eigenvalue weighted by Gasteiger charge is 2.27. The van der Waals surface area contributed by atoms with E-state index in [1.165, 1.54) is 6.07 Å². The molecule has 0 bridgehead atoms. The van der Waals surface area contributed by atoms with Gasteiger partial charge in [-0.3, -0.25) is 4.79 Å². The van der Waals surface area contributed by atoms with Gasteiger partial charge in [0.05, 0.1) is 12.5 Å². The lowest BCUT2D eigenvalue weighted by molar-refractivity contribution is -0.149. The van der Waals surface area contributed by atoms with Crippen molar-refractivity contribution in [2.24, 2.45) is 5.92 Å². The Morgan fingerprint density at radius 1 is 1.45 bits per heavy atom. The molecule has 2 atom stereocenters.